The molecule has 1 aromatic heterocycles. The second-order valence-electron chi connectivity index (χ2n) is 4.45. The average molecular weight is 267 g/mol. The largest absolute Gasteiger partial charge is 0.506 e. The van der Waals surface area contributed by atoms with E-state index in [2.05, 4.69) is 15.5 Å². The van der Waals surface area contributed by atoms with Crippen molar-refractivity contribution < 1.29 is 9.90 Å². The smallest absolute Gasteiger partial charge is 0.255 e. The van der Waals surface area contributed by atoms with Gasteiger partial charge in [-0.1, -0.05) is 30.3 Å². The van der Waals surface area contributed by atoms with Gasteiger partial charge in [-0.25, -0.2) is 0 Å². The lowest BCUT2D eigenvalue weighted by atomic mass is 10.0. The molecule has 5 heteroatoms. The number of H-pyrrole nitrogens is 1. The fourth-order valence-electron chi connectivity index (χ4n) is 2.09. The van der Waals surface area contributed by atoms with Crippen LogP contribution in [0.25, 0.3) is 10.8 Å². The van der Waals surface area contributed by atoms with Gasteiger partial charge in [0.2, 0.25) is 0 Å². The zero-order valence-electron chi connectivity index (χ0n) is 10.6. The van der Waals surface area contributed by atoms with E-state index in [9.17, 15) is 9.90 Å². The minimum atomic E-state index is -0.317. The monoisotopic (exact) mass is 267 g/mol. The third-order valence-electron chi connectivity index (χ3n) is 3.14. The number of carbonyl (C=O) groups excluding carboxylic acids is 1. The molecule has 3 N–H and O–H groups in total. The van der Waals surface area contributed by atoms with Crippen LogP contribution in [-0.2, 0) is 6.54 Å². The number of carbonyl (C=O) groups is 1. The number of nitrogens with zero attached hydrogens (tertiary/aromatic N) is 1. The predicted octanol–water partition coefficient (Wildman–Crippen LogP) is 2.20. The fourth-order valence-corrected chi connectivity index (χ4v) is 2.09. The van der Waals surface area contributed by atoms with Crippen molar-refractivity contribution in [1.29, 1.82) is 0 Å². The van der Waals surface area contributed by atoms with Crippen LogP contribution < -0.4 is 5.32 Å². The van der Waals surface area contributed by atoms with Crippen molar-refractivity contribution >= 4 is 16.7 Å². The number of phenolic OH excluding ortho intramolecular Hbond substituents is 1. The van der Waals surface area contributed by atoms with Crippen LogP contribution in [0.15, 0.2) is 48.7 Å². The molecule has 0 aliphatic heterocycles. The molecule has 0 unspecified atom stereocenters. The Labute approximate surface area is 115 Å². The SMILES string of the molecule is O=C(NCc1ccn[nH]1)c1ccc2ccccc2c1O. The zero-order valence-corrected chi connectivity index (χ0v) is 10.6. The quantitative estimate of drug-likeness (QED) is 0.680. The second-order valence-corrected chi connectivity index (χ2v) is 4.45. The summed E-state index contributed by atoms with van der Waals surface area (Å²) in [4.78, 5) is 12.1. The van der Waals surface area contributed by atoms with Gasteiger partial charge in [0.1, 0.15) is 5.75 Å². The molecule has 3 aromatic rings. The summed E-state index contributed by atoms with van der Waals surface area (Å²) in [7, 11) is 0. The van der Waals surface area contributed by atoms with E-state index in [1.807, 2.05) is 24.3 Å². The van der Waals surface area contributed by atoms with E-state index in [-0.39, 0.29) is 17.2 Å². The van der Waals surface area contributed by atoms with Crippen LogP contribution in [0.5, 0.6) is 5.75 Å². The molecule has 0 fully saturated rings. The van der Waals surface area contributed by atoms with Gasteiger partial charge in [0.25, 0.3) is 5.91 Å². The highest BCUT2D eigenvalue weighted by Crippen LogP contribution is 2.28. The Balaban J connectivity index is 1.86. The van der Waals surface area contributed by atoms with Gasteiger partial charge >= 0.3 is 0 Å². The number of benzene rings is 2. The molecule has 0 saturated heterocycles. The summed E-state index contributed by atoms with van der Waals surface area (Å²) in [5.41, 5.74) is 1.07. The minimum absolute atomic E-state index is 0.00482. The van der Waals surface area contributed by atoms with Crippen molar-refractivity contribution in [3.8, 4) is 5.75 Å². The van der Waals surface area contributed by atoms with Crippen molar-refractivity contribution in [2.45, 2.75) is 6.54 Å². The Bertz CT molecular complexity index is 751. The highest BCUT2D eigenvalue weighted by molar-refractivity contribution is 6.03. The molecule has 0 bridgehead atoms. The Morgan fingerprint density at radius 1 is 1.20 bits per heavy atom. The molecular weight excluding hydrogens is 254 g/mol. The first-order valence-electron chi connectivity index (χ1n) is 6.23. The number of fused-ring (bicyclic) bond motifs is 1. The highest BCUT2D eigenvalue weighted by atomic mass is 16.3. The van der Waals surface area contributed by atoms with E-state index in [4.69, 9.17) is 0 Å². The van der Waals surface area contributed by atoms with Gasteiger partial charge in [-0.2, -0.15) is 5.10 Å². The number of rotatable bonds is 3. The van der Waals surface area contributed by atoms with Gasteiger partial charge in [-0.15, -0.1) is 0 Å². The van der Waals surface area contributed by atoms with Gasteiger partial charge < -0.3 is 10.4 Å². The van der Waals surface area contributed by atoms with Gasteiger partial charge in [-0.3, -0.25) is 9.89 Å². The molecule has 3 rings (SSSR count). The van der Waals surface area contributed by atoms with Crippen LogP contribution in [0.3, 0.4) is 0 Å². The number of amides is 1. The molecule has 5 nitrogen and oxygen atoms in total. The molecule has 1 heterocycles. The minimum Gasteiger partial charge on any atom is -0.506 e. The van der Waals surface area contributed by atoms with E-state index in [1.54, 1.807) is 24.4 Å². The number of aromatic amines is 1. The summed E-state index contributed by atoms with van der Waals surface area (Å²) in [6.45, 7) is 0.338. The normalized spacial score (nSPS) is 10.6. The lowest BCUT2D eigenvalue weighted by molar-refractivity contribution is 0.0948. The van der Waals surface area contributed by atoms with Gasteiger partial charge in [0.05, 0.1) is 17.8 Å². The third kappa shape index (κ3) is 2.21. The second kappa shape index (κ2) is 5.05. The highest BCUT2D eigenvalue weighted by Gasteiger charge is 2.13. The van der Waals surface area contributed by atoms with Crippen molar-refractivity contribution in [3.63, 3.8) is 0 Å². The van der Waals surface area contributed by atoms with Crippen LogP contribution in [0.2, 0.25) is 0 Å². The first-order valence-corrected chi connectivity index (χ1v) is 6.23. The first kappa shape index (κ1) is 12.2. The maximum atomic E-state index is 12.1. The zero-order chi connectivity index (χ0) is 13.9. The Morgan fingerprint density at radius 3 is 2.85 bits per heavy atom. The summed E-state index contributed by atoms with van der Waals surface area (Å²) >= 11 is 0. The van der Waals surface area contributed by atoms with E-state index in [0.29, 0.717) is 11.9 Å². The lowest BCUT2D eigenvalue weighted by Gasteiger charge is -2.08. The number of aromatic nitrogens is 2. The summed E-state index contributed by atoms with van der Waals surface area (Å²) in [6, 6.07) is 12.6. The van der Waals surface area contributed by atoms with Gasteiger partial charge in [-0.05, 0) is 17.5 Å². The summed E-state index contributed by atoms with van der Waals surface area (Å²) < 4.78 is 0. The lowest BCUT2D eigenvalue weighted by Crippen LogP contribution is -2.23. The molecule has 0 aliphatic rings. The Morgan fingerprint density at radius 2 is 2.05 bits per heavy atom. The van der Waals surface area contributed by atoms with Crippen LogP contribution in [0.1, 0.15) is 16.1 Å². The topological polar surface area (TPSA) is 78.0 Å². The molecule has 0 spiro atoms. The standard InChI is InChI=1S/C15H13N3O2/c19-14-12-4-2-1-3-10(12)5-6-13(14)15(20)16-9-11-7-8-17-18-11/h1-8,19H,9H2,(H,16,20)(H,17,18). The average Bonchev–Trinajstić information content (AvgIpc) is 2.99. The number of nitrogens with one attached hydrogen (secondary N) is 2. The molecule has 0 atom stereocenters. The van der Waals surface area contributed by atoms with E-state index >= 15 is 0 Å². The number of hydrogen-bond donors (Lipinski definition) is 3. The van der Waals surface area contributed by atoms with Gasteiger partial charge in [0, 0.05) is 11.6 Å². The predicted molar refractivity (Wildman–Crippen MR) is 75.4 cm³/mol. The maximum absolute atomic E-state index is 12.1. The molecular formula is C15H13N3O2. The van der Waals surface area contributed by atoms with Crippen molar-refractivity contribution in [2.24, 2.45) is 0 Å². The molecule has 1 amide bonds. The first-order chi connectivity index (χ1) is 9.75. The molecule has 0 aliphatic carbocycles. The molecule has 100 valence electrons. The number of phenols is 1. The number of aromatic hydroxyl groups is 1. The van der Waals surface area contributed by atoms with Gasteiger partial charge in [0.15, 0.2) is 0 Å². The molecule has 0 saturated carbocycles. The maximum Gasteiger partial charge on any atom is 0.255 e. The third-order valence-corrected chi connectivity index (χ3v) is 3.14. The van der Waals surface area contributed by atoms with Crippen molar-refractivity contribution in [3.05, 3.63) is 59.9 Å². The van der Waals surface area contributed by atoms with E-state index in [0.717, 1.165) is 11.1 Å². The van der Waals surface area contributed by atoms with Crippen LogP contribution >= 0.6 is 0 Å². The van der Waals surface area contributed by atoms with Crippen LogP contribution in [0, 0.1) is 0 Å². The number of hydrogen-bond acceptors (Lipinski definition) is 3. The molecule has 0 radical (unpaired) electrons. The van der Waals surface area contributed by atoms with Crippen molar-refractivity contribution in [1.82, 2.24) is 15.5 Å². The van der Waals surface area contributed by atoms with Crippen LogP contribution in [-0.4, -0.2) is 21.2 Å². The summed E-state index contributed by atoms with van der Waals surface area (Å²) in [6.07, 6.45) is 1.62. The van der Waals surface area contributed by atoms with Crippen molar-refractivity contribution in [2.75, 3.05) is 0 Å². The molecule has 20 heavy (non-hydrogen) atoms. The van der Waals surface area contributed by atoms with Crippen LogP contribution in [0.4, 0.5) is 0 Å². The summed E-state index contributed by atoms with van der Waals surface area (Å²) in [5, 5.41) is 21.1. The Kier molecular flexibility index (Phi) is 3.09. The Hall–Kier alpha value is -2.82. The fraction of sp³-hybridized carbons (Fsp3) is 0.0667. The summed E-state index contributed by atoms with van der Waals surface area (Å²) in [5.74, 6) is -0.312. The van der Waals surface area contributed by atoms with E-state index < -0.39 is 0 Å². The molecule has 2 aromatic carbocycles. The van der Waals surface area contributed by atoms with E-state index in [1.165, 1.54) is 0 Å².